The Balaban J connectivity index is 0.981. The van der Waals surface area contributed by atoms with E-state index in [0.29, 0.717) is 30.8 Å². The van der Waals surface area contributed by atoms with Crippen molar-refractivity contribution in [3.63, 3.8) is 0 Å². The zero-order valence-electron chi connectivity index (χ0n) is 40.5. The van der Waals surface area contributed by atoms with E-state index in [0.717, 1.165) is 52.3 Å². The molecule has 14 nitrogen and oxygen atoms in total. The molecule has 14 heteroatoms. The fourth-order valence-corrected chi connectivity index (χ4v) is 7.52. The second kappa shape index (κ2) is 21.9. The van der Waals surface area contributed by atoms with Crippen molar-refractivity contribution in [3.8, 4) is 34.4 Å². The molecule has 1 aliphatic rings. The van der Waals surface area contributed by atoms with Crippen LogP contribution in [0.1, 0.15) is 115 Å². The van der Waals surface area contributed by atoms with Gasteiger partial charge in [-0.3, -0.25) is 9.59 Å². The molecule has 4 atom stereocenters. The number of nitrogens with zero attached hydrogens (tertiary/aromatic N) is 3. The summed E-state index contributed by atoms with van der Waals surface area (Å²) in [6.07, 6.45) is 12.9. The van der Waals surface area contributed by atoms with Crippen LogP contribution in [0, 0.1) is 17.3 Å². The molecule has 3 aromatic carbocycles. The summed E-state index contributed by atoms with van der Waals surface area (Å²) in [6.45, 7) is 15.0. The van der Waals surface area contributed by atoms with Gasteiger partial charge in [-0.1, -0.05) is 97.7 Å². The third kappa shape index (κ3) is 14.1. The van der Waals surface area contributed by atoms with E-state index in [-0.39, 0.29) is 11.8 Å². The number of allylic oxidation sites excluding steroid dienone is 3. The van der Waals surface area contributed by atoms with Crippen molar-refractivity contribution in [2.24, 2.45) is 5.41 Å². The van der Waals surface area contributed by atoms with Gasteiger partial charge in [0.2, 0.25) is 11.8 Å². The lowest BCUT2D eigenvalue weighted by atomic mass is 9.76. The summed E-state index contributed by atoms with van der Waals surface area (Å²) < 4.78 is 10.9. The second-order valence-corrected chi connectivity index (χ2v) is 19.3. The highest BCUT2D eigenvalue weighted by atomic mass is 16.6. The molecule has 2 heterocycles. The number of amides is 4. The van der Waals surface area contributed by atoms with Crippen LogP contribution >= 0.6 is 0 Å². The van der Waals surface area contributed by atoms with E-state index in [9.17, 15) is 19.2 Å². The number of alkyl carbamates (subject to hydrolysis) is 2. The first-order chi connectivity index (χ1) is 32.3. The van der Waals surface area contributed by atoms with Crippen LogP contribution in [0.15, 0.2) is 116 Å². The first kappa shape index (κ1) is 50.0. The van der Waals surface area contributed by atoms with Crippen LogP contribution in [0.25, 0.3) is 22.5 Å². The lowest BCUT2D eigenvalue weighted by Crippen LogP contribution is -2.55. The number of carbonyl (C=O) groups is 4. The molecule has 0 bridgehead atoms. The summed E-state index contributed by atoms with van der Waals surface area (Å²) in [7, 11) is 1.69. The van der Waals surface area contributed by atoms with E-state index in [1.165, 1.54) is 0 Å². The molecule has 0 saturated heterocycles. The largest absolute Gasteiger partial charge is 0.444 e. The highest BCUT2D eigenvalue weighted by molar-refractivity contribution is 5.88. The number of ether oxygens (including phenoxy) is 2. The number of benzene rings is 3. The number of imidazole rings is 2. The molecule has 2 unspecified atom stereocenters. The summed E-state index contributed by atoms with van der Waals surface area (Å²) in [6, 6.07) is 22.8. The highest BCUT2D eigenvalue weighted by Gasteiger charge is 2.39. The van der Waals surface area contributed by atoms with Crippen molar-refractivity contribution in [1.29, 1.82) is 0 Å². The van der Waals surface area contributed by atoms with Crippen molar-refractivity contribution in [3.05, 3.63) is 144 Å². The molecule has 0 aliphatic heterocycles. The zero-order chi connectivity index (χ0) is 49.1. The Morgan fingerprint density at radius 2 is 1.34 bits per heavy atom. The van der Waals surface area contributed by atoms with Gasteiger partial charge in [0.05, 0.1) is 29.8 Å². The topological polar surface area (TPSA) is 183 Å². The number of aromatic amines is 2. The van der Waals surface area contributed by atoms with Gasteiger partial charge >= 0.3 is 12.2 Å². The standard InChI is InChI=1S/C54H64N8O6/c1-36(62(9)49(64)45(41-18-12-10-13-19-41)60-50(65)67-52(2,3)4)47-57-35-43(59-47)40-29-25-38(26-30-40)22-21-37-23-27-39(28-24-37)42-34-56-44(58-42)20-14-17-33-55-48(63)46(54(8)31-15-11-16-32-54)61-51(66)68-53(5,6)7/h10-13,15-16,18-19,23-31,34-36,45-46H,14,17,20,32-33H2,1-9H3,(H,55,63)(H,56,58)(H,57,59)(H,60,65)(H,61,66)/t36?,45-,46+,54?/m1/s1. The molecule has 1 aliphatic carbocycles. The van der Waals surface area contributed by atoms with Gasteiger partial charge in [0.1, 0.15) is 34.9 Å². The molecule has 0 spiro atoms. The molecule has 68 heavy (non-hydrogen) atoms. The third-order valence-electron chi connectivity index (χ3n) is 11.3. The van der Waals surface area contributed by atoms with Gasteiger partial charge in [0, 0.05) is 36.6 Å². The number of hydrogen-bond donors (Lipinski definition) is 5. The van der Waals surface area contributed by atoms with Crippen LogP contribution in [0.5, 0.6) is 0 Å². The fraction of sp³-hybridized carbons (Fsp3) is 0.370. The van der Waals surface area contributed by atoms with Crippen LogP contribution < -0.4 is 16.0 Å². The second-order valence-electron chi connectivity index (χ2n) is 19.3. The smallest absolute Gasteiger partial charge is 0.408 e. The summed E-state index contributed by atoms with van der Waals surface area (Å²) in [5, 5.41) is 8.58. The molecule has 0 radical (unpaired) electrons. The van der Waals surface area contributed by atoms with Crippen molar-refractivity contribution in [2.75, 3.05) is 13.6 Å². The van der Waals surface area contributed by atoms with Crippen molar-refractivity contribution >= 4 is 24.0 Å². The monoisotopic (exact) mass is 920 g/mol. The SMILES string of the molecule is CC(c1ncc(-c2ccc(C#Cc3ccc(-c4cnc(CCCCNC(=O)[C@H](NC(=O)OC(C)(C)C)C5(C)C=CC=CC5)[nH]4)cc3)cc2)[nH]1)N(C)C(=O)[C@H](NC(=O)OC(C)(C)C)c1ccccc1. The maximum atomic E-state index is 13.9. The van der Waals surface area contributed by atoms with Gasteiger partial charge in [-0.2, -0.15) is 0 Å². The fourth-order valence-electron chi connectivity index (χ4n) is 7.52. The van der Waals surface area contributed by atoms with E-state index in [4.69, 9.17) is 9.47 Å². The molecule has 5 N–H and O–H groups in total. The van der Waals surface area contributed by atoms with Gasteiger partial charge in [0.15, 0.2) is 0 Å². The van der Waals surface area contributed by atoms with E-state index < -0.39 is 46.9 Å². The predicted octanol–water partition coefficient (Wildman–Crippen LogP) is 9.51. The molecule has 356 valence electrons. The molecular formula is C54H64N8O6. The van der Waals surface area contributed by atoms with E-state index in [1.54, 1.807) is 71.8 Å². The van der Waals surface area contributed by atoms with E-state index >= 15 is 0 Å². The average molecular weight is 921 g/mol. The summed E-state index contributed by atoms with van der Waals surface area (Å²) in [5.41, 5.74) is 3.98. The first-order valence-electron chi connectivity index (χ1n) is 23.0. The number of carbonyl (C=O) groups excluding carboxylic acids is 4. The maximum absolute atomic E-state index is 13.9. The summed E-state index contributed by atoms with van der Waals surface area (Å²) in [5.74, 6) is 7.40. The number of rotatable bonds is 15. The number of nitrogens with one attached hydrogen (secondary N) is 5. The normalized spacial score (nSPS) is 15.8. The molecule has 0 saturated carbocycles. The molecular weight excluding hydrogens is 857 g/mol. The quantitative estimate of drug-likeness (QED) is 0.0508. The van der Waals surface area contributed by atoms with Crippen LogP contribution in [0.3, 0.4) is 0 Å². The Morgan fingerprint density at radius 3 is 1.91 bits per heavy atom. The Bertz CT molecular complexity index is 2640. The minimum Gasteiger partial charge on any atom is -0.444 e. The first-order valence-corrected chi connectivity index (χ1v) is 23.0. The number of unbranched alkanes of at least 4 members (excludes halogenated alkanes) is 1. The minimum atomic E-state index is -0.952. The molecule has 4 amide bonds. The van der Waals surface area contributed by atoms with Crippen LogP contribution in [0.2, 0.25) is 0 Å². The number of H-pyrrole nitrogens is 2. The van der Waals surface area contributed by atoms with Crippen LogP contribution in [-0.2, 0) is 25.5 Å². The Morgan fingerprint density at radius 1 is 0.765 bits per heavy atom. The minimum absolute atomic E-state index is 0.247. The van der Waals surface area contributed by atoms with Gasteiger partial charge in [-0.05, 0) is 109 Å². The lowest BCUT2D eigenvalue weighted by molar-refractivity contribution is -0.134. The molecule has 2 aromatic heterocycles. The molecule has 6 rings (SSSR count). The molecule has 0 fully saturated rings. The van der Waals surface area contributed by atoms with Gasteiger partial charge in [-0.15, -0.1) is 0 Å². The van der Waals surface area contributed by atoms with E-state index in [1.807, 2.05) is 111 Å². The predicted molar refractivity (Wildman–Crippen MR) is 264 cm³/mol. The lowest BCUT2D eigenvalue weighted by Gasteiger charge is -2.35. The van der Waals surface area contributed by atoms with Gasteiger partial charge in [-0.25, -0.2) is 19.6 Å². The number of aryl methyl sites for hydroxylation is 1. The summed E-state index contributed by atoms with van der Waals surface area (Å²) >= 11 is 0. The van der Waals surface area contributed by atoms with Crippen molar-refractivity contribution in [1.82, 2.24) is 40.8 Å². The Kier molecular flexibility index (Phi) is 16.1. The van der Waals surface area contributed by atoms with E-state index in [2.05, 4.69) is 47.7 Å². The Hall–Kier alpha value is -7.40. The van der Waals surface area contributed by atoms with Crippen molar-refractivity contribution < 1.29 is 28.7 Å². The Labute approximate surface area is 399 Å². The third-order valence-corrected chi connectivity index (χ3v) is 11.3. The van der Waals surface area contributed by atoms with Gasteiger partial charge < -0.3 is 40.3 Å². The summed E-state index contributed by atoms with van der Waals surface area (Å²) in [4.78, 5) is 70.2. The number of likely N-dealkylation sites (N-methyl/N-ethyl adjacent to an activating group) is 1. The van der Waals surface area contributed by atoms with Gasteiger partial charge in [0.25, 0.3) is 0 Å². The highest BCUT2D eigenvalue weighted by Crippen LogP contribution is 2.32. The zero-order valence-corrected chi connectivity index (χ0v) is 40.5. The number of hydrogen-bond acceptors (Lipinski definition) is 8. The van der Waals surface area contributed by atoms with Crippen molar-refractivity contribution in [2.45, 2.75) is 110 Å². The number of aromatic nitrogens is 4. The molecule has 5 aromatic rings. The maximum Gasteiger partial charge on any atom is 0.408 e. The average Bonchev–Trinajstić information content (AvgIpc) is 3.99. The van der Waals surface area contributed by atoms with Crippen LogP contribution in [-0.4, -0.2) is 79.7 Å². The van der Waals surface area contributed by atoms with Crippen LogP contribution in [0.4, 0.5) is 9.59 Å².